The van der Waals surface area contributed by atoms with Gasteiger partial charge in [-0.2, -0.15) is 0 Å². The standard InChI is InChI=1S/C20H19ClN4O/c1-14(16-5-3-2-4-6-16)25-19-13-22-18(12-23-19)20(26)24-11-15-7-9-17(21)10-8-15/h2-10,12-14H,11H2,1H3,(H,23,25)(H,24,26). The lowest BCUT2D eigenvalue weighted by atomic mass is 10.1. The van der Waals surface area contributed by atoms with E-state index in [-0.39, 0.29) is 17.6 Å². The van der Waals surface area contributed by atoms with Gasteiger partial charge < -0.3 is 10.6 Å². The van der Waals surface area contributed by atoms with Crippen LogP contribution in [0.2, 0.25) is 5.02 Å². The topological polar surface area (TPSA) is 66.9 Å². The quantitative estimate of drug-likeness (QED) is 0.685. The first kappa shape index (κ1) is 17.9. The molecule has 132 valence electrons. The Kier molecular flexibility index (Phi) is 5.81. The molecule has 2 N–H and O–H groups in total. The molecule has 2 aromatic carbocycles. The molecule has 5 nitrogen and oxygen atoms in total. The summed E-state index contributed by atoms with van der Waals surface area (Å²) in [7, 11) is 0. The van der Waals surface area contributed by atoms with E-state index in [1.165, 1.54) is 6.20 Å². The molecule has 0 radical (unpaired) electrons. The van der Waals surface area contributed by atoms with Crippen molar-refractivity contribution in [2.45, 2.75) is 19.5 Å². The largest absolute Gasteiger partial charge is 0.362 e. The first-order valence-corrected chi connectivity index (χ1v) is 8.66. The Hall–Kier alpha value is -2.92. The molecule has 0 bridgehead atoms. The zero-order chi connectivity index (χ0) is 18.4. The maximum atomic E-state index is 12.2. The highest BCUT2D eigenvalue weighted by Gasteiger charge is 2.10. The molecule has 0 spiro atoms. The number of carbonyl (C=O) groups excluding carboxylic acids is 1. The molecule has 0 saturated carbocycles. The summed E-state index contributed by atoms with van der Waals surface area (Å²) in [5, 5.41) is 6.75. The normalized spacial score (nSPS) is 11.6. The number of rotatable bonds is 6. The summed E-state index contributed by atoms with van der Waals surface area (Å²) in [5.41, 5.74) is 2.39. The zero-order valence-corrected chi connectivity index (χ0v) is 15.1. The van der Waals surface area contributed by atoms with Gasteiger partial charge in [0.15, 0.2) is 0 Å². The number of hydrogen-bond acceptors (Lipinski definition) is 4. The van der Waals surface area contributed by atoms with Crippen molar-refractivity contribution in [1.29, 1.82) is 0 Å². The van der Waals surface area contributed by atoms with E-state index < -0.39 is 0 Å². The van der Waals surface area contributed by atoms with Crippen molar-refractivity contribution >= 4 is 23.3 Å². The van der Waals surface area contributed by atoms with Crippen LogP contribution in [0.4, 0.5) is 5.82 Å². The lowest BCUT2D eigenvalue weighted by Crippen LogP contribution is -2.24. The van der Waals surface area contributed by atoms with Gasteiger partial charge in [0.1, 0.15) is 11.5 Å². The Morgan fingerprint density at radius 2 is 1.77 bits per heavy atom. The summed E-state index contributed by atoms with van der Waals surface area (Å²) in [6.45, 7) is 2.45. The fourth-order valence-electron chi connectivity index (χ4n) is 2.44. The predicted octanol–water partition coefficient (Wildman–Crippen LogP) is 4.23. The molecule has 0 aliphatic rings. The average Bonchev–Trinajstić information content (AvgIpc) is 2.68. The van der Waals surface area contributed by atoms with Crippen molar-refractivity contribution in [3.8, 4) is 0 Å². The smallest absolute Gasteiger partial charge is 0.271 e. The molecule has 0 saturated heterocycles. The van der Waals surface area contributed by atoms with Crippen molar-refractivity contribution in [3.05, 3.63) is 88.8 Å². The van der Waals surface area contributed by atoms with Gasteiger partial charge >= 0.3 is 0 Å². The van der Waals surface area contributed by atoms with Crippen LogP contribution in [0.5, 0.6) is 0 Å². The second-order valence-corrected chi connectivity index (χ2v) is 6.31. The van der Waals surface area contributed by atoms with E-state index in [4.69, 9.17) is 11.6 Å². The predicted molar refractivity (Wildman–Crippen MR) is 103 cm³/mol. The van der Waals surface area contributed by atoms with Crippen LogP contribution >= 0.6 is 11.6 Å². The lowest BCUT2D eigenvalue weighted by molar-refractivity contribution is 0.0945. The third kappa shape index (κ3) is 4.80. The number of anilines is 1. The van der Waals surface area contributed by atoms with E-state index in [0.717, 1.165) is 11.1 Å². The van der Waals surface area contributed by atoms with Crippen LogP contribution in [0.1, 0.15) is 34.6 Å². The van der Waals surface area contributed by atoms with Crippen molar-refractivity contribution in [2.24, 2.45) is 0 Å². The maximum Gasteiger partial charge on any atom is 0.271 e. The van der Waals surface area contributed by atoms with Gasteiger partial charge in [0.05, 0.1) is 12.4 Å². The Balaban J connectivity index is 1.56. The number of amides is 1. The van der Waals surface area contributed by atoms with Crippen LogP contribution in [-0.2, 0) is 6.54 Å². The highest BCUT2D eigenvalue weighted by Crippen LogP contribution is 2.16. The number of nitrogens with zero attached hydrogens (tertiary/aromatic N) is 2. The molecule has 0 aliphatic heterocycles. The van der Waals surface area contributed by atoms with Crippen LogP contribution in [0.15, 0.2) is 67.0 Å². The monoisotopic (exact) mass is 366 g/mol. The van der Waals surface area contributed by atoms with Gasteiger partial charge in [0.2, 0.25) is 0 Å². The Bertz CT molecular complexity index is 851. The van der Waals surface area contributed by atoms with Crippen molar-refractivity contribution in [1.82, 2.24) is 15.3 Å². The number of benzene rings is 2. The summed E-state index contributed by atoms with van der Waals surface area (Å²) in [5.74, 6) is 0.353. The van der Waals surface area contributed by atoms with E-state index in [2.05, 4.69) is 20.6 Å². The van der Waals surface area contributed by atoms with Gasteiger partial charge in [0, 0.05) is 17.6 Å². The minimum absolute atomic E-state index is 0.0927. The van der Waals surface area contributed by atoms with E-state index in [1.54, 1.807) is 18.3 Å². The lowest BCUT2D eigenvalue weighted by Gasteiger charge is -2.14. The number of nitrogens with one attached hydrogen (secondary N) is 2. The van der Waals surface area contributed by atoms with Crippen molar-refractivity contribution < 1.29 is 4.79 Å². The van der Waals surface area contributed by atoms with Gasteiger partial charge in [-0.1, -0.05) is 54.1 Å². The molecule has 6 heteroatoms. The summed E-state index contributed by atoms with van der Waals surface area (Å²) < 4.78 is 0. The fraction of sp³-hybridized carbons (Fsp3) is 0.150. The molecule has 26 heavy (non-hydrogen) atoms. The molecule has 1 unspecified atom stereocenters. The second-order valence-electron chi connectivity index (χ2n) is 5.87. The van der Waals surface area contributed by atoms with E-state index in [1.807, 2.05) is 49.4 Å². The number of hydrogen-bond donors (Lipinski definition) is 2. The summed E-state index contributed by atoms with van der Waals surface area (Å²) in [6.07, 6.45) is 3.04. The first-order valence-electron chi connectivity index (χ1n) is 8.28. The SMILES string of the molecule is CC(Nc1cnc(C(=O)NCc2ccc(Cl)cc2)cn1)c1ccccc1. The van der Waals surface area contributed by atoms with Crippen molar-refractivity contribution in [2.75, 3.05) is 5.32 Å². The highest BCUT2D eigenvalue weighted by atomic mass is 35.5. The molecule has 1 aromatic heterocycles. The van der Waals surface area contributed by atoms with E-state index in [9.17, 15) is 4.79 Å². The third-order valence-corrected chi connectivity index (χ3v) is 4.17. The fourth-order valence-corrected chi connectivity index (χ4v) is 2.57. The average molecular weight is 367 g/mol. The number of halogens is 1. The van der Waals surface area contributed by atoms with E-state index >= 15 is 0 Å². The molecule has 1 heterocycles. The molecule has 1 amide bonds. The van der Waals surface area contributed by atoms with Crippen LogP contribution in [-0.4, -0.2) is 15.9 Å². The molecular formula is C20H19ClN4O. The molecule has 3 aromatic rings. The Labute approximate surface area is 157 Å². The minimum Gasteiger partial charge on any atom is -0.362 e. The van der Waals surface area contributed by atoms with Gasteiger partial charge in [-0.25, -0.2) is 9.97 Å². The van der Waals surface area contributed by atoms with E-state index in [0.29, 0.717) is 17.4 Å². The molecule has 3 rings (SSSR count). The van der Waals surface area contributed by atoms with Crippen molar-refractivity contribution in [3.63, 3.8) is 0 Å². The van der Waals surface area contributed by atoms with Crippen LogP contribution in [0, 0.1) is 0 Å². The molecular weight excluding hydrogens is 348 g/mol. The highest BCUT2D eigenvalue weighted by molar-refractivity contribution is 6.30. The minimum atomic E-state index is -0.268. The second kappa shape index (κ2) is 8.45. The number of aromatic nitrogens is 2. The maximum absolute atomic E-state index is 12.2. The molecule has 1 atom stereocenters. The zero-order valence-electron chi connectivity index (χ0n) is 14.3. The Morgan fingerprint density at radius 1 is 1.04 bits per heavy atom. The van der Waals surface area contributed by atoms with Gasteiger partial charge in [-0.05, 0) is 30.2 Å². The molecule has 0 fully saturated rings. The summed E-state index contributed by atoms with van der Waals surface area (Å²) in [6, 6.07) is 17.5. The van der Waals surface area contributed by atoms with Crippen LogP contribution in [0.25, 0.3) is 0 Å². The summed E-state index contributed by atoms with van der Waals surface area (Å²) in [4.78, 5) is 20.7. The number of carbonyl (C=O) groups is 1. The van der Waals surface area contributed by atoms with Gasteiger partial charge in [-0.3, -0.25) is 4.79 Å². The van der Waals surface area contributed by atoms with Gasteiger partial charge in [0.25, 0.3) is 5.91 Å². The molecule has 0 aliphatic carbocycles. The first-order chi connectivity index (χ1) is 12.6. The Morgan fingerprint density at radius 3 is 2.42 bits per heavy atom. The summed E-state index contributed by atoms with van der Waals surface area (Å²) >= 11 is 5.85. The third-order valence-electron chi connectivity index (χ3n) is 3.91. The van der Waals surface area contributed by atoms with Crippen LogP contribution in [0.3, 0.4) is 0 Å². The van der Waals surface area contributed by atoms with Crippen LogP contribution < -0.4 is 10.6 Å². The van der Waals surface area contributed by atoms with Gasteiger partial charge in [-0.15, -0.1) is 0 Å².